The minimum Gasteiger partial charge on any atom is -0.484 e. The summed E-state index contributed by atoms with van der Waals surface area (Å²) in [5.74, 6) is -0.206. The molecular weight excluding hydrogens is 335 g/mol. The van der Waals surface area contributed by atoms with Gasteiger partial charge in [-0.25, -0.2) is 4.39 Å². The monoisotopic (exact) mass is 356 g/mol. The molecular formula is C20H21FN2O3. The number of hydrogen-bond acceptors (Lipinski definition) is 3. The van der Waals surface area contributed by atoms with Crippen LogP contribution in [0.15, 0.2) is 42.5 Å². The summed E-state index contributed by atoms with van der Waals surface area (Å²) in [6, 6.07) is 11.1. The maximum absolute atomic E-state index is 13.3. The van der Waals surface area contributed by atoms with Gasteiger partial charge in [0.15, 0.2) is 6.61 Å². The van der Waals surface area contributed by atoms with Crippen molar-refractivity contribution in [1.29, 1.82) is 0 Å². The molecule has 1 heterocycles. The Morgan fingerprint density at radius 1 is 1.15 bits per heavy atom. The lowest BCUT2D eigenvalue weighted by atomic mass is 10.1. The van der Waals surface area contributed by atoms with E-state index >= 15 is 0 Å². The number of amides is 2. The number of nitrogens with zero attached hydrogens (tertiary/aromatic N) is 1. The average Bonchev–Trinajstić information content (AvgIpc) is 3.17. The van der Waals surface area contributed by atoms with Gasteiger partial charge in [-0.3, -0.25) is 9.59 Å². The van der Waals surface area contributed by atoms with Crippen LogP contribution in [-0.2, 0) is 4.79 Å². The molecule has 1 aliphatic rings. The Balaban J connectivity index is 1.60. The predicted molar refractivity (Wildman–Crippen MR) is 96.8 cm³/mol. The van der Waals surface area contributed by atoms with Crippen LogP contribution in [0.25, 0.3) is 0 Å². The van der Waals surface area contributed by atoms with Crippen LogP contribution >= 0.6 is 0 Å². The first-order valence-corrected chi connectivity index (χ1v) is 8.61. The molecule has 2 aromatic rings. The Morgan fingerprint density at radius 2 is 1.92 bits per heavy atom. The number of carbonyl (C=O) groups excluding carboxylic acids is 2. The first-order valence-electron chi connectivity index (χ1n) is 8.61. The van der Waals surface area contributed by atoms with Gasteiger partial charge in [-0.2, -0.15) is 0 Å². The van der Waals surface area contributed by atoms with Crippen molar-refractivity contribution in [3.05, 3.63) is 59.4 Å². The van der Waals surface area contributed by atoms with Crippen molar-refractivity contribution in [2.75, 3.05) is 25.0 Å². The van der Waals surface area contributed by atoms with Crippen LogP contribution in [0.3, 0.4) is 0 Å². The summed E-state index contributed by atoms with van der Waals surface area (Å²) in [4.78, 5) is 26.1. The fraction of sp³-hybridized carbons (Fsp3) is 0.300. The summed E-state index contributed by atoms with van der Waals surface area (Å²) in [6.07, 6.45) is 2.08. The topological polar surface area (TPSA) is 58.6 Å². The van der Waals surface area contributed by atoms with Crippen LogP contribution in [0.2, 0.25) is 0 Å². The number of ether oxygens (including phenoxy) is 1. The van der Waals surface area contributed by atoms with Crippen LogP contribution in [0.4, 0.5) is 10.1 Å². The smallest absolute Gasteiger partial charge is 0.260 e. The number of aryl methyl sites for hydroxylation is 1. The molecule has 0 radical (unpaired) electrons. The molecule has 1 saturated heterocycles. The van der Waals surface area contributed by atoms with E-state index in [1.165, 1.54) is 18.2 Å². The summed E-state index contributed by atoms with van der Waals surface area (Å²) in [5, 5.41) is 2.75. The normalized spacial score (nSPS) is 13.5. The molecule has 0 spiro atoms. The number of rotatable bonds is 5. The van der Waals surface area contributed by atoms with Gasteiger partial charge in [0.05, 0.1) is 0 Å². The van der Waals surface area contributed by atoms with E-state index < -0.39 is 0 Å². The predicted octanol–water partition coefficient (Wildman–Crippen LogP) is 3.39. The van der Waals surface area contributed by atoms with Crippen LogP contribution in [0.5, 0.6) is 5.75 Å². The van der Waals surface area contributed by atoms with E-state index in [9.17, 15) is 14.0 Å². The fourth-order valence-corrected chi connectivity index (χ4v) is 2.86. The lowest BCUT2D eigenvalue weighted by Gasteiger charge is -2.15. The van der Waals surface area contributed by atoms with Crippen molar-refractivity contribution in [2.24, 2.45) is 0 Å². The standard InChI is InChI=1S/C20H21FN2O3/c1-14-11-15(7-8-18(14)21)20(25)22-16-5-4-6-17(12-16)26-13-19(24)23-9-2-3-10-23/h4-8,11-12H,2-3,9-10,13H2,1H3,(H,22,25). The zero-order valence-corrected chi connectivity index (χ0v) is 14.6. The molecule has 1 fully saturated rings. The fourth-order valence-electron chi connectivity index (χ4n) is 2.86. The second kappa shape index (κ2) is 7.99. The highest BCUT2D eigenvalue weighted by Crippen LogP contribution is 2.19. The van der Waals surface area contributed by atoms with E-state index in [2.05, 4.69) is 5.32 Å². The maximum atomic E-state index is 13.3. The molecule has 0 aliphatic carbocycles. The van der Waals surface area contributed by atoms with Gasteiger partial charge in [0, 0.05) is 30.4 Å². The van der Waals surface area contributed by atoms with Crippen molar-refractivity contribution < 1.29 is 18.7 Å². The van der Waals surface area contributed by atoms with Gasteiger partial charge in [0.25, 0.3) is 11.8 Å². The summed E-state index contributed by atoms with van der Waals surface area (Å²) < 4.78 is 18.9. The zero-order valence-electron chi connectivity index (χ0n) is 14.6. The second-order valence-corrected chi connectivity index (χ2v) is 6.32. The third-order valence-corrected chi connectivity index (χ3v) is 4.33. The summed E-state index contributed by atoms with van der Waals surface area (Å²) in [7, 11) is 0. The Labute approximate surface area is 151 Å². The number of halogens is 1. The molecule has 2 amide bonds. The maximum Gasteiger partial charge on any atom is 0.260 e. The van der Waals surface area contributed by atoms with E-state index in [0.29, 0.717) is 22.6 Å². The highest BCUT2D eigenvalue weighted by molar-refractivity contribution is 6.04. The molecule has 1 aliphatic heterocycles. The summed E-state index contributed by atoms with van der Waals surface area (Å²) >= 11 is 0. The van der Waals surface area contributed by atoms with Gasteiger partial charge in [0.1, 0.15) is 11.6 Å². The van der Waals surface area contributed by atoms with Crippen LogP contribution in [0, 0.1) is 12.7 Å². The third-order valence-electron chi connectivity index (χ3n) is 4.33. The molecule has 5 nitrogen and oxygen atoms in total. The van der Waals surface area contributed by atoms with Gasteiger partial charge >= 0.3 is 0 Å². The molecule has 26 heavy (non-hydrogen) atoms. The molecule has 2 aromatic carbocycles. The highest BCUT2D eigenvalue weighted by atomic mass is 19.1. The van der Waals surface area contributed by atoms with E-state index in [0.717, 1.165) is 25.9 Å². The Bertz CT molecular complexity index is 816. The average molecular weight is 356 g/mol. The third kappa shape index (κ3) is 4.39. The van der Waals surface area contributed by atoms with E-state index in [1.54, 1.807) is 36.1 Å². The van der Waals surface area contributed by atoms with Crippen LogP contribution in [0.1, 0.15) is 28.8 Å². The SMILES string of the molecule is Cc1cc(C(=O)Nc2cccc(OCC(=O)N3CCCC3)c2)ccc1F. The number of carbonyl (C=O) groups is 2. The Morgan fingerprint density at radius 3 is 2.65 bits per heavy atom. The second-order valence-electron chi connectivity index (χ2n) is 6.32. The largest absolute Gasteiger partial charge is 0.484 e. The van der Waals surface area contributed by atoms with Gasteiger partial charge in [-0.15, -0.1) is 0 Å². The molecule has 0 aromatic heterocycles. The minimum absolute atomic E-state index is 0.0193. The Hall–Kier alpha value is -2.89. The summed E-state index contributed by atoms with van der Waals surface area (Å²) in [5.41, 5.74) is 1.33. The van der Waals surface area contributed by atoms with Crippen molar-refractivity contribution in [1.82, 2.24) is 4.90 Å². The molecule has 3 rings (SSSR count). The number of hydrogen-bond donors (Lipinski definition) is 1. The van der Waals surface area contributed by atoms with Crippen molar-refractivity contribution >= 4 is 17.5 Å². The molecule has 0 unspecified atom stereocenters. The number of nitrogens with one attached hydrogen (secondary N) is 1. The number of benzene rings is 2. The van der Waals surface area contributed by atoms with E-state index in [1.807, 2.05) is 0 Å². The minimum atomic E-state index is -0.348. The molecule has 1 N–H and O–H groups in total. The van der Waals surface area contributed by atoms with Crippen molar-refractivity contribution in [2.45, 2.75) is 19.8 Å². The summed E-state index contributed by atoms with van der Waals surface area (Å²) in [6.45, 7) is 3.16. The van der Waals surface area contributed by atoms with Gasteiger partial charge in [0.2, 0.25) is 0 Å². The molecule has 6 heteroatoms. The first kappa shape index (κ1) is 17.9. The van der Waals surface area contributed by atoms with Crippen LogP contribution < -0.4 is 10.1 Å². The van der Waals surface area contributed by atoms with Gasteiger partial charge in [-0.05, 0) is 55.7 Å². The van der Waals surface area contributed by atoms with Crippen molar-refractivity contribution in [3.63, 3.8) is 0 Å². The van der Waals surface area contributed by atoms with Crippen LogP contribution in [-0.4, -0.2) is 36.4 Å². The lowest BCUT2D eigenvalue weighted by Crippen LogP contribution is -2.32. The molecule has 0 saturated carbocycles. The number of likely N-dealkylation sites (tertiary alicyclic amines) is 1. The Kier molecular flexibility index (Phi) is 5.51. The molecule has 0 bridgehead atoms. The quantitative estimate of drug-likeness (QED) is 0.893. The number of anilines is 1. The highest BCUT2D eigenvalue weighted by Gasteiger charge is 2.18. The molecule has 0 atom stereocenters. The lowest BCUT2D eigenvalue weighted by molar-refractivity contribution is -0.132. The zero-order chi connectivity index (χ0) is 18.5. The van der Waals surface area contributed by atoms with E-state index in [4.69, 9.17) is 4.74 Å². The van der Waals surface area contributed by atoms with E-state index in [-0.39, 0.29) is 24.2 Å². The van der Waals surface area contributed by atoms with Gasteiger partial charge < -0.3 is 15.0 Å². The van der Waals surface area contributed by atoms with Gasteiger partial charge in [-0.1, -0.05) is 6.07 Å². The first-order chi connectivity index (χ1) is 12.5. The molecule has 136 valence electrons. The van der Waals surface area contributed by atoms with Crippen molar-refractivity contribution in [3.8, 4) is 5.75 Å².